The predicted molar refractivity (Wildman–Crippen MR) is 84.8 cm³/mol. The number of fused-ring (bicyclic) bond motifs is 1. The van der Waals surface area contributed by atoms with Crippen molar-refractivity contribution in [1.29, 1.82) is 0 Å². The fraction of sp³-hybridized carbons (Fsp3) is 0.200. The highest BCUT2D eigenvalue weighted by atomic mass is 32.2. The van der Waals surface area contributed by atoms with Crippen LogP contribution in [0.2, 0.25) is 0 Å². The van der Waals surface area contributed by atoms with E-state index in [4.69, 9.17) is 5.73 Å². The summed E-state index contributed by atoms with van der Waals surface area (Å²) < 4.78 is 68.7. The molecule has 2 aromatic rings. The number of nitrogens with zero attached hydrogens (tertiary/aromatic N) is 2. The normalized spacial score (nSPS) is 15.7. The molecule has 128 valence electrons. The minimum Gasteiger partial charge on any atom is -0.330 e. The first-order valence-electron chi connectivity index (χ1n) is 7.14. The van der Waals surface area contributed by atoms with Gasteiger partial charge in [0.1, 0.15) is 11.5 Å². The van der Waals surface area contributed by atoms with Crippen LogP contribution in [0.3, 0.4) is 0 Å². The van der Waals surface area contributed by atoms with E-state index in [0.29, 0.717) is 22.9 Å². The molecule has 0 unspecified atom stereocenters. The van der Waals surface area contributed by atoms with Gasteiger partial charge in [0, 0.05) is 18.7 Å². The highest BCUT2D eigenvalue weighted by Gasteiger charge is 2.43. The fourth-order valence-corrected chi connectivity index (χ4v) is 4.40. The third kappa shape index (κ3) is 2.49. The van der Waals surface area contributed by atoms with E-state index < -0.39 is 33.3 Å². The summed E-state index contributed by atoms with van der Waals surface area (Å²) in [4.78, 5) is 0. The molecule has 1 heterocycles. The summed E-state index contributed by atoms with van der Waals surface area (Å²) in [5, 5.41) is 0. The molecule has 3 rings (SSSR count). The lowest BCUT2D eigenvalue weighted by molar-refractivity contribution is 0.543. The molecule has 0 amide bonds. The standard InChI is InChI=1S/C15H14F3N3O2S/c16-10-8-11(17)15(12(18)9-10)21-14-5-2-1-4-13(14)20(7-3-6-19)24(21,22)23/h1-2,4-5,8-9H,3,6-7,19H2. The van der Waals surface area contributed by atoms with Gasteiger partial charge in [-0.05, 0) is 25.1 Å². The van der Waals surface area contributed by atoms with Crippen molar-refractivity contribution in [3.63, 3.8) is 0 Å². The molecule has 0 aliphatic carbocycles. The zero-order chi connectivity index (χ0) is 17.5. The maximum Gasteiger partial charge on any atom is 0.331 e. The number of para-hydroxylation sites is 2. The Morgan fingerprint density at radius 1 is 1.00 bits per heavy atom. The lowest BCUT2D eigenvalue weighted by atomic mass is 10.2. The summed E-state index contributed by atoms with van der Waals surface area (Å²) in [7, 11) is -4.26. The summed E-state index contributed by atoms with van der Waals surface area (Å²) in [6.45, 7) is 0.324. The number of hydrogen-bond acceptors (Lipinski definition) is 3. The Bertz CT molecular complexity index is 866. The minimum atomic E-state index is -4.26. The van der Waals surface area contributed by atoms with Crippen molar-refractivity contribution in [2.75, 3.05) is 21.7 Å². The van der Waals surface area contributed by atoms with Crippen LogP contribution in [-0.2, 0) is 10.2 Å². The van der Waals surface area contributed by atoms with Crippen molar-refractivity contribution >= 4 is 27.3 Å². The number of nitrogens with two attached hydrogens (primary N) is 1. The summed E-state index contributed by atoms with van der Waals surface area (Å²) >= 11 is 0. The Morgan fingerprint density at radius 3 is 2.17 bits per heavy atom. The molecule has 0 saturated heterocycles. The third-order valence-electron chi connectivity index (χ3n) is 3.63. The van der Waals surface area contributed by atoms with Gasteiger partial charge in [0.05, 0.1) is 11.4 Å². The molecule has 9 heteroatoms. The van der Waals surface area contributed by atoms with Crippen molar-refractivity contribution < 1.29 is 21.6 Å². The van der Waals surface area contributed by atoms with E-state index in [1.54, 1.807) is 12.1 Å². The average Bonchev–Trinajstić information content (AvgIpc) is 2.72. The van der Waals surface area contributed by atoms with Gasteiger partial charge < -0.3 is 5.73 Å². The summed E-state index contributed by atoms with van der Waals surface area (Å²) in [5.74, 6) is -3.73. The van der Waals surface area contributed by atoms with Crippen molar-refractivity contribution in [1.82, 2.24) is 0 Å². The second kappa shape index (κ2) is 5.99. The molecule has 1 aliphatic rings. The molecule has 0 bridgehead atoms. The monoisotopic (exact) mass is 357 g/mol. The van der Waals surface area contributed by atoms with Gasteiger partial charge in [0.25, 0.3) is 0 Å². The Morgan fingerprint density at radius 2 is 1.58 bits per heavy atom. The SMILES string of the molecule is NCCCN1c2ccccc2N(c2c(F)cc(F)cc2F)S1(=O)=O. The Labute approximate surface area is 137 Å². The average molecular weight is 357 g/mol. The van der Waals surface area contributed by atoms with Crippen LogP contribution in [0, 0.1) is 17.5 Å². The third-order valence-corrected chi connectivity index (χ3v) is 5.41. The number of rotatable bonds is 4. The lowest BCUT2D eigenvalue weighted by Gasteiger charge is -2.22. The molecule has 0 fully saturated rings. The highest BCUT2D eigenvalue weighted by molar-refractivity contribution is 7.95. The molecular formula is C15H14F3N3O2S. The van der Waals surface area contributed by atoms with E-state index >= 15 is 0 Å². The van der Waals surface area contributed by atoms with Gasteiger partial charge in [-0.2, -0.15) is 8.42 Å². The molecule has 5 nitrogen and oxygen atoms in total. The molecular weight excluding hydrogens is 343 g/mol. The Balaban J connectivity index is 2.22. The maximum atomic E-state index is 14.2. The van der Waals surface area contributed by atoms with E-state index in [1.807, 2.05) is 0 Å². The summed E-state index contributed by atoms with van der Waals surface area (Å²) in [6.07, 6.45) is 0.371. The van der Waals surface area contributed by atoms with Gasteiger partial charge >= 0.3 is 10.2 Å². The van der Waals surface area contributed by atoms with Gasteiger partial charge in [-0.3, -0.25) is 4.31 Å². The quantitative estimate of drug-likeness (QED) is 0.915. The van der Waals surface area contributed by atoms with E-state index in [9.17, 15) is 21.6 Å². The van der Waals surface area contributed by atoms with Crippen LogP contribution >= 0.6 is 0 Å². The molecule has 24 heavy (non-hydrogen) atoms. The molecule has 2 aromatic carbocycles. The first-order valence-corrected chi connectivity index (χ1v) is 8.54. The Hall–Kier alpha value is -2.26. The van der Waals surface area contributed by atoms with E-state index in [1.165, 1.54) is 12.1 Å². The first kappa shape index (κ1) is 16.6. The van der Waals surface area contributed by atoms with Crippen LogP contribution in [0.1, 0.15) is 6.42 Å². The lowest BCUT2D eigenvalue weighted by Crippen LogP contribution is -2.37. The van der Waals surface area contributed by atoms with Crippen molar-refractivity contribution in [3.8, 4) is 0 Å². The molecule has 0 saturated carbocycles. The smallest absolute Gasteiger partial charge is 0.330 e. The minimum absolute atomic E-state index is 0.0662. The summed E-state index contributed by atoms with van der Waals surface area (Å²) in [5.41, 5.74) is 4.98. The van der Waals surface area contributed by atoms with E-state index in [0.717, 1.165) is 4.31 Å². The zero-order valence-electron chi connectivity index (χ0n) is 12.4. The van der Waals surface area contributed by atoms with Crippen LogP contribution in [-0.4, -0.2) is 21.5 Å². The molecule has 2 N–H and O–H groups in total. The number of hydrogen-bond donors (Lipinski definition) is 1. The number of benzene rings is 2. The van der Waals surface area contributed by atoms with Crippen LogP contribution in [0.25, 0.3) is 0 Å². The fourth-order valence-electron chi connectivity index (χ4n) is 2.63. The van der Waals surface area contributed by atoms with Crippen molar-refractivity contribution in [2.45, 2.75) is 6.42 Å². The van der Waals surface area contributed by atoms with Gasteiger partial charge in [-0.25, -0.2) is 17.5 Å². The van der Waals surface area contributed by atoms with Gasteiger partial charge in [-0.15, -0.1) is 0 Å². The maximum absolute atomic E-state index is 14.2. The van der Waals surface area contributed by atoms with Gasteiger partial charge in [0.2, 0.25) is 0 Å². The van der Waals surface area contributed by atoms with Crippen LogP contribution in [0.5, 0.6) is 0 Å². The second-order valence-corrected chi connectivity index (χ2v) is 6.89. The van der Waals surface area contributed by atoms with Crippen LogP contribution in [0.15, 0.2) is 36.4 Å². The summed E-state index contributed by atoms with van der Waals surface area (Å²) in [6, 6.07) is 7.01. The molecule has 0 spiro atoms. The molecule has 1 aliphatic heterocycles. The van der Waals surface area contributed by atoms with E-state index in [2.05, 4.69) is 0 Å². The van der Waals surface area contributed by atoms with Crippen molar-refractivity contribution in [2.24, 2.45) is 5.73 Å². The molecule has 0 radical (unpaired) electrons. The van der Waals surface area contributed by atoms with Gasteiger partial charge in [-0.1, -0.05) is 12.1 Å². The predicted octanol–water partition coefficient (Wildman–Crippen LogP) is 2.66. The van der Waals surface area contributed by atoms with Crippen LogP contribution < -0.4 is 14.3 Å². The van der Waals surface area contributed by atoms with Crippen molar-refractivity contribution in [3.05, 3.63) is 53.8 Å². The largest absolute Gasteiger partial charge is 0.331 e. The zero-order valence-corrected chi connectivity index (χ0v) is 13.2. The number of halogens is 3. The molecule has 0 atom stereocenters. The number of anilines is 3. The van der Waals surface area contributed by atoms with E-state index in [-0.39, 0.29) is 24.5 Å². The Kier molecular flexibility index (Phi) is 4.14. The van der Waals surface area contributed by atoms with Gasteiger partial charge in [0.15, 0.2) is 11.6 Å². The first-order chi connectivity index (χ1) is 11.4. The molecule has 0 aromatic heterocycles. The topological polar surface area (TPSA) is 66.6 Å². The highest BCUT2D eigenvalue weighted by Crippen LogP contribution is 2.46. The van der Waals surface area contributed by atoms with Crippen LogP contribution in [0.4, 0.5) is 30.2 Å². The second-order valence-electron chi connectivity index (χ2n) is 5.19.